The van der Waals surface area contributed by atoms with Crippen LogP contribution in [0, 0.1) is 5.92 Å². The molecule has 0 N–H and O–H groups in total. The van der Waals surface area contributed by atoms with Gasteiger partial charge in [-0.25, -0.2) is 4.98 Å². The van der Waals surface area contributed by atoms with Gasteiger partial charge in [0.05, 0.1) is 5.52 Å². The lowest BCUT2D eigenvalue weighted by Gasteiger charge is -2.25. The standard InChI is InChI=1S/C16H17BrN2O/c1-11-8-9-19(15(11)10-17)16(20)14-7-6-12-4-2-3-5-13(12)18-14/h2-7,11,15H,8-10H2,1H3. The van der Waals surface area contributed by atoms with Gasteiger partial charge in [0.2, 0.25) is 0 Å². The van der Waals surface area contributed by atoms with Gasteiger partial charge in [0, 0.05) is 23.3 Å². The van der Waals surface area contributed by atoms with Crippen LogP contribution in [0.1, 0.15) is 23.8 Å². The van der Waals surface area contributed by atoms with Crippen LogP contribution in [0.2, 0.25) is 0 Å². The smallest absolute Gasteiger partial charge is 0.272 e. The number of aromatic nitrogens is 1. The third-order valence-corrected chi connectivity index (χ3v) is 4.78. The van der Waals surface area contributed by atoms with E-state index in [1.165, 1.54) is 0 Å². The van der Waals surface area contributed by atoms with Crippen molar-refractivity contribution in [3.05, 3.63) is 42.1 Å². The van der Waals surface area contributed by atoms with E-state index in [2.05, 4.69) is 27.8 Å². The number of carbonyl (C=O) groups excluding carboxylic acids is 1. The zero-order chi connectivity index (χ0) is 14.1. The molecular weight excluding hydrogens is 316 g/mol. The Balaban J connectivity index is 1.92. The highest BCUT2D eigenvalue weighted by atomic mass is 79.9. The third kappa shape index (κ3) is 2.33. The van der Waals surface area contributed by atoms with Gasteiger partial charge in [0.15, 0.2) is 0 Å². The van der Waals surface area contributed by atoms with Gasteiger partial charge in [-0.2, -0.15) is 0 Å². The molecule has 3 rings (SSSR count). The number of carbonyl (C=O) groups is 1. The second-order valence-electron chi connectivity index (χ2n) is 5.38. The molecule has 0 spiro atoms. The van der Waals surface area contributed by atoms with Crippen molar-refractivity contribution >= 4 is 32.7 Å². The Morgan fingerprint density at radius 3 is 2.95 bits per heavy atom. The summed E-state index contributed by atoms with van der Waals surface area (Å²) < 4.78 is 0. The normalized spacial score (nSPS) is 22.4. The Kier molecular flexibility index (Phi) is 3.74. The van der Waals surface area contributed by atoms with Crippen LogP contribution in [0.5, 0.6) is 0 Å². The van der Waals surface area contributed by atoms with Gasteiger partial charge in [0.1, 0.15) is 5.69 Å². The first kappa shape index (κ1) is 13.6. The van der Waals surface area contributed by atoms with Gasteiger partial charge < -0.3 is 4.90 Å². The highest BCUT2D eigenvalue weighted by Crippen LogP contribution is 2.27. The van der Waals surface area contributed by atoms with Gasteiger partial charge >= 0.3 is 0 Å². The minimum atomic E-state index is 0.0459. The minimum Gasteiger partial charge on any atom is -0.333 e. The quantitative estimate of drug-likeness (QED) is 0.789. The van der Waals surface area contributed by atoms with Crippen molar-refractivity contribution in [3.63, 3.8) is 0 Å². The Bertz CT molecular complexity index is 643. The number of likely N-dealkylation sites (tertiary alicyclic amines) is 1. The summed E-state index contributed by atoms with van der Waals surface area (Å²) in [6.07, 6.45) is 1.07. The van der Waals surface area contributed by atoms with Crippen LogP contribution in [0.4, 0.5) is 0 Å². The summed E-state index contributed by atoms with van der Waals surface area (Å²) >= 11 is 3.52. The number of alkyl halides is 1. The monoisotopic (exact) mass is 332 g/mol. The van der Waals surface area contributed by atoms with E-state index in [4.69, 9.17) is 0 Å². The van der Waals surface area contributed by atoms with Crippen LogP contribution >= 0.6 is 15.9 Å². The average Bonchev–Trinajstić information content (AvgIpc) is 2.86. The maximum absolute atomic E-state index is 12.6. The lowest BCUT2D eigenvalue weighted by atomic mass is 10.1. The summed E-state index contributed by atoms with van der Waals surface area (Å²) in [6, 6.07) is 12.0. The van der Waals surface area contributed by atoms with E-state index in [1.54, 1.807) is 0 Å². The van der Waals surface area contributed by atoms with Gasteiger partial charge in [-0.3, -0.25) is 4.79 Å². The minimum absolute atomic E-state index is 0.0459. The van der Waals surface area contributed by atoms with Crippen LogP contribution in [-0.4, -0.2) is 33.7 Å². The summed E-state index contributed by atoms with van der Waals surface area (Å²) in [7, 11) is 0. The Morgan fingerprint density at radius 1 is 1.35 bits per heavy atom. The van der Waals surface area contributed by atoms with Crippen molar-refractivity contribution in [3.8, 4) is 0 Å². The third-order valence-electron chi connectivity index (χ3n) is 4.12. The molecule has 1 aliphatic heterocycles. The molecular formula is C16H17BrN2O. The number of nitrogens with zero attached hydrogens (tertiary/aromatic N) is 2. The fourth-order valence-corrected chi connectivity index (χ4v) is 3.82. The maximum Gasteiger partial charge on any atom is 0.272 e. The summed E-state index contributed by atoms with van der Waals surface area (Å²) in [4.78, 5) is 19.1. The second kappa shape index (κ2) is 5.52. The molecule has 20 heavy (non-hydrogen) atoms. The number of para-hydroxylation sites is 1. The first-order valence-corrected chi connectivity index (χ1v) is 8.05. The van der Waals surface area contributed by atoms with E-state index in [0.717, 1.165) is 29.2 Å². The highest BCUT2D eigenvalue weighted by Gasteiger charge is 2.34. The summed E-state index contributed by atoms with van der Waals surface area (Å²) in [5, 5.41) is 1.89. The molecule has 2 atom stereocenters. The van der Waals surface area contributed by atoms with Crippen molar-refractivity contribution in [1.29, 1.82) is 0 Å². The van der Waals surface area contributed by atoms with Crippen LogP contribution in [0.3, 0.4) is 0 Å². The Hall–Kier alpha value is -1.42. The number of fused-ring (bicyclic) bond motifs is 1. The number of hydrogen-bond acceptors (Lipinski definition) is 2. The average molecular weight is 333 g/mol. The molecule has 2 aromatic rings. The Morgan fingerprint density at radius 2 is 2.15 bits per heavy atom. The lowest BCUT2D eigenvalue weighted by molar-refractivity contribution is 0.0733. The molecule has 0 radical (unpaired) electrons. The molecule has 1 saturated heterocycles. The van der Waals surface area contributed by atoms with Crippen molar-refractivity contribution in [2.75, 3.05) is 11.9 Å². The predicted molar refractivity (Wildman–Crippen MR) is 84.1 cm³/mol. The fraction of sp³-hybridized carbons (Fsp3) is 0.375. The van der Waals surface area contributed by atoms with E-state index < -0.39 is 0 Å². The fourth-order valence-electron chi connectivity index (χ4n) is 2.83. The van der Waals surface area contributed by atoms with Crippen molar-refractivity contribution < 1.29 is 4.79 Å². The molecule has 1 amide bonds. The Labute approximate surface area is 127 Å². The molecule has 1 aromatic heterocycles. The SMILES string of the molecule is CC1CCN(C(=O)c2ccc3ccccc3n2)C1CBr. The number of halogens is 1. The number of amides is 1. The van der Waals surface area contributed by atoms with Crippen molar-refractivity contribution in [1.82, 2.24) is 9.88 Å². The van der Waals surface area contributed by atoms with Crippen LogP contribution in [-0.2, 0) is 0 Å². The summed E-state index contributed by atoms with van der Waals surface area (Å²) in [5.74, 6) is 0.586. The van der Waals surface area contributed by atoms with E-state index in [9.17, 15) is 4.79 Å². The number of rotatable bonds is 2. The molecule has 0 bridgehead atoms. The molecule has 104 valence electrons. The first-order valence-electron chi connectivity index (χ1n) is 6.93. The summed E-state index contributed by atoms with van der Waals surface area (Å²) in [6.45, 7) is 3.03. The van der Waals surface area contributed by atoms with Crippen LogP contribution in [0.25, 0.3) is 10.9 Å². The zero-order valence-corrected chi connectivity index (χ0v) is 13.0. The molecule has 1 aromatic carbocycles. The van der Waals surface area contributed by atoms with Gasteiger partial charge in [-0.05, 0) is 24.5 Å². The molecule has 3 nitrogen and oxygen atoms in total. The van der Waals surface area contributed by atoms with E-state index in [0.29, 0.717) is 11.6 Å². The van der Waals surface area contributed by atoms with Crippen LogP contribution in [0.15, 0.2) is 36.4 Å². The largest absolute Gasteiger partial charge is 0.333 e. The maximum atomic E-state index is 12.6. The predicted octanol–water partition coefficient (Wildman–Crippen LogP) is 3.48. The van der Waals surface area contributed by atoms with Gasteiger partial charge in [-0.15, -0.1) is 0 Å². The van der Waals surface area contributed by atoms with Crippen molar-refractivity contribution in [2.24, 2.45) is 5.92 Å². The zero-order valence-electron chi connectivity index (χ0n) is 11.4. The van der Waals surface area contributed by atoms with E-state index in [1.807, 2.05) is 41.3 Å². The number of benzene rings is 1. The number of hydrogen-bond donors (Lipinski definition) is 0. The molecule has 1 aliphatic rings. The van der Waals surface area contributed by atoms with E-state index in [-0.39, 0.29) is 11.9 Å². The second-order valence-corrected chi connectivity index (χ2v) is 6.02. The van der Waals surface area contributed by atoms with E-state index >= 15 is 0 Å². The molecule has 0 saturated carbocycles. The van der Waals surface area contributed by atoms with Gasteiger partial charge in [-0.1, -0.05) is 47.1 Å². The summed E-state index contributed by atoms with van der Waals surface area (Å²) in [5.41, 5.74) is 1.42. The lowest BCUT2D eigenvalue weighted by Crippen LogP contribution is -2.38. The van der Waals surface area contributed by atoms with Gasteiger partial charge in [0.25, 0.3) is 5.91 Å². The first-order chi connectivity index (χ1) is 9.70. The molecule has 4 heteroatoms. The molecule has 1 fully saturated rings. The topological polar surface area (TPSA) is 33.2 Å². The van der Waals surface area contributed by atoms with Crippen molar-refractivity contribution in [2.45, 2.75) is 19.4 Å². The van der Waals surface area contributed by atoms with Crippen LogP contribution < -0.4 is 0 Å². The number of pyridine rings is 1. The molecule has 0 aliphatic carbocycles. The highest BCUT2D eigenvalue weighted by molar-refractivity contribution is 9.09. The molecule has 2 heterocycles. The molecule has 2 unspecified atom stereocenters.